The molecule has 2 aromatic carbocycles. The summed E-state index contributed by atoms with van der Waals surface area (Å²) >= 11 is 5.84. The summed E-state index contributed by atoms with van der Waals surface area (Å²) in [5.74, 6) is -0.619. The molecule has 0 fully saturated rings. The van der Waals surface area contributed by atoms with Gasteiger partial charge in [0.15, 0.2) is 0 Å². The zero-order chi connectivity index (χ0) is 15.9. The van der Waals surface area contributed by atoms with Crippen LogP contribution in [-0.4, -0.2) is 17.7 Å². The topological polar surface area (TPSA) is 46.5 Å². The van der Waals surface area contributed by atoms with Gasteiger partial charge in [0.2, 0.25) is 0 Å². The summed E-state index contributed by atoms with van der Waals surface area (Å²) in [5, 5.41) is 10.0. The maximum absolute atomic E-state index is 11.5. The molecule has 0 aliphatic heterocycles. The van der Waals surface area contributed by atoms with Crippen molar-refractivity contribution < 1.29 is 14.6 Å². The number of para-hydroxylation sites is 1. The first-order chi connectivity index (χ1) is 10.6. The molecule has 0 amide bonds. The van der Waals surface area contributed by atoms with Crippen LogP contribution in [0, 0.1) is 0 Å². The molecule has 1 unspecified atom stereocenters. The minimum Gasteiger partial charge on any atom is -0.493 e. The van der Waals surface area contributed by atoms with Crippen LogP contribution in [0.2, 0.25) is 5.02 Å². The molecular weight excluding hydrogens is 300 g/mol. The van der Waals surface area contributed by atoms with Gasteiger partial charge in [-0.2, -0.15) is 0 Å². The number of hydrogen-bond donors (Lipinski definition) is 1. The number of carbonyl (C=O) groups is 1. The SMILES string of the molecule is CCc1ccccc1OCCC(C(=O)O)c1ccc(Cl)cc1. The van der Waals surface area contributed by atoms with E-state index in [4.69, 9.17) is 16.3 Å². The highest BCUT2D eigenvalue weighted by Crippen LogP contribution is 2.24. The Bertz CT molecular complexity index is 622. The molecular formula is C18H19ClO3. The molecule has 0 aromatic heterocycles. The molecule has 0 aliphatic carbocycles. The number of carboxylic acid groups (broad SMARTS) is 1. The van der Waals surface area contributed by atoms with Crippen molar-refractivity contribution in [2.75, 3.05) is 6.61 Å². The normalized spacial score (nSPS) is 11.9. The van der Waals surface area contributed by atoms with E-state index in [-0.39, 0.29) is 0 Å². The van der Waals surface area contributed by atoms with Gasteiger partial charge in [0.05, 0.1) is 12.5 Å². The van der Waals surface area contributed by atoms with Crippen molar-refractivity contribution in [2.24, 2.45) is 0 Å². The smallest absolute Gasteiger partial charge is 0.311 e. The Morgan fingerprint density at radius 2 is 1.86 bits per heavy atom. The van der Waals surface area contributed by atoms with E-state index in [1.165, 1.54) is 0 Å². The van der Waals surface area contributed by atoms with Gasteiger partial charge in [-0.25, -0.2) is 0 Å². The fourth-order valence-corrected chi connectivity index (χ4v) is 2.48. The lowest BCUT2D eigenvalue weighted by atomic mass is 9.96. The van der Waals surface area contributed by atoms with Crippen LogP contribution in [0.4, 0.5) is 0 Å². The minimum atomic E-state index is -0.852. The van der Waals surface area contributed by atoms with Crippen molar-refractivity contribution >= 4 is 17.6 Å². The summed E-state index contributed by atoms with van der Waals surface area (Å²) in [5.41, 5.74) is 1.87. The molecule has 0 saturated carbocycles. The molecule has 1 N–H and O–H groups in total. The molecule has 116 valence electrons. The van der Waals surface area contributed by atoms with E-state index in [0.717, 1.165) is 23.3 Å². The Labute approximate surface area is 135 Å². The number of carboxylic acids is 1. The molecule has 1 atom stereocenters. The number of hydrogen-bond acceptors (Lipinski definition) is 2. The summed E-state index contributed by atoms with van der Waals surface area (Å²) in [6.45, 7) is 2.42. The monoisotopic (exact) mass is 318 g/mol. The van der Waals surface area contributed by atoms with E-state index in [1.807, 2.05) is 24.3 Å². The van der Waals surface area contributed by atoms with Gasteiger partial charge >= 0.3 is 5.97 Å². The van der Waals surface area contributed by atoms with Gasteiger partial charge in [-0.15, -0.1) is 0 Å². The molecule has 2 rings (SSSR count). The molecule has 0 spiro atoms. The van der Waals surface area contributed by atoms with Gasteiger partial charge < -0.3 is 9.84 Å². The van der Waals surface area contributed by atoms with Crippen molar-refractivity contribution in [1.29, 1.82) is 0 Å². The molecule has 0 radical (unpaired) electrons. The summed E-state index contributed by atoms with van der Waals surface area (Å²) in [7, 11) is 0. The van der Waals surface area contributed by atoms with Gasteiger partial charge in [-0.05, 0) is 42.2 Å². The van der Waals surface area contributed by atoms with E-state index < -0.39 is 11.9 Å². The Hall–Kier alpha value is -2.00. The van der Waals surface area contributed by atoms with Gasteiger partial charge in [0.1, 0.15) is 5.75 Å². The molecule has 0 saturated heterocycles. The van der Waals surface area contributed by atoms with Crippen molar-refractivity contribution in [2.45, 2.75) is 25.7 Å². The fraction of sp³-hybridized carbons (Fsp3) is 0.278. The van der Waals surface area contributed by atoms with Crippen LogP contribution in [0.5, 0.6) is 5.75 Å². The quantitative estimate of drug-likeness (QED) is 0.815. The fourth-order valence-electron chi connectivity index (χ4n) is 2.35. The number of rotatable bonds is 7. The third-order valence-corrected chi connectivity index (χ3v) is 3.84. The van der Waals surface area contributed by atoms with Crippen LogP contribution < -0.4 is 4.74 Å². The maximum atomic E-state index is 11.5. The molecule has 4 heteroatoms. The number of aryl methyl sites for hydroxylation is 1. The predicted molar refractivity (Wildman–Crippen MR) is 87.8 cm³/mol. The van der Waals surface area contributed by atoms with Crippen molar-refractivity contribution in [1.82, 2.24) is 0 Å². The third-order valence-electron chi connectivity index (χ3n) is 3.59. The second-order valence-electron chi connectivity index (χ2n) is 5.04. The average Bonchev–Trinajstić information content (AvgIpc) is 2.53. The van der Waals surface area contributed by atoms with Crippen LogP contribution in [0.3, 0.4) is 0 Å². The number of aliphatic carboxylic acids is 1. The second kappa shape index (κ2) is 7.85. The van der Waals surface area contributed by atoms with Crippen LogP contribution >= 0.6 is 11.6 Å². The third kappa shape index (κ3) is 4.25. The summed E-state index contributed by atoms with van der Waals surface area (Å²) in [4.78, 5) is 11.5. The zero-order valence-corrected chi connectivity index (χ0v) is 13.2. The first-order valence-electron chi connectivity index (χ1n) is 7.30. The molecule has 22 heavy (non-hydrogen) atoms. The van der Waals surface area contributed by atoms with Crippen LogP contribution in [0.15, 0.2) is 48.5 Å². The highest BCUT2D eigenvalue weighted by molar-refractivity contribution is 6.30. The Morgan fingerprint density at radius 3 is 2.50 bits per heavy atom. The molecule has 0 bridgehead atoms. The van der Waals surface area contributed by atoms with Crippen LogP contribution in [-0.2, 0) is 11.2 Å². The van der Waals surface area contributed by atoms with E-state index in [1.54, 1.807) is 24.3 Å². The highest BCUT2D eigenvalue weighted by Gasteiger charge is 2.19. The summed E-state index contributed by atoms with van der Waals surface area (Å²) < 4.78 is 5.76. The minimum absolute atomic E-state index is 0.358. The van der Waals surface area contributed by atoms with Crippen molar-refractivity contribution in [3.8, 4) is 5.75 Å². The van der Waals surface area contributed by atoms with Crippen LogP contribution in [0.25, 0.3) is 0 Å². The summed E-state index contributed by atoms with van der Waals surface area (Å²) in [6.07, 6.45) is 1.30. The molecule has 3 nitrogen and oxygen atoms in total. The van der Waals surface area contributed by atoms with Gasteiger partial charge in [0, 0.05) is 5.02 Å². The highest BCUT2D eigenvalue weighted by atomic mass is 35.5. The van der Waals surface area contributed by atoms with E-state index in [9.17, 15) is 9.90 Å². The summed E-state index contributed by atoms with van der Waals surface area (Å²) in [6, 6.07) is 14.7. The lowest BCUT2D eigenvalue weighted by molar-refractivity contribution is -0.139. The Morgan fingerprint density at radius 1 is 1.18 bits per heavy atom. The van der Waals surface area contributed by atoms with Gasteiger partial charge in [-0.3, -0.25) is 4.79 Å². The lowest BCUT2D eigenvalue weighted by Gasteiger charge is -2.15. The number of benzene rings is 2. The zero-order valence-electron chi connectivity index (χ0n) is 12.5. The Kier molecular flexibility index (Phi) is 5.84. The van der Waals surface area contributed by atoms with Crippen molar-refractivity contribution in [3.05, 3.63) is 64.7 Å². The van der Waals surface area contributed by atoms with E-state index >= 15 is 0 Å². The van der Waals surface area contributed by atoms with Crippen molar-refractivity contribution in [3.63, 3.8) is 0 Å². The maximum Gasteiger partial charge on any atom is 0.311 e. The average molecular weight is 319 g/mol. The Balaban J connectivity index is 2.01. The van der Waals surface area contributed by atoms with Gasteiger partial charge in [0.25, 0.3) is 0 Å². The second-order valence-corrected chi connectivity index (χ2v) is 5.48. The first kappa shape index (κ1) is 16.4. The number of halogens is 1. The largest absolute Gasteiger partial charge is 0.493 e. The molecule has 2 aromatic rings. The lowest BCUT2D eigenvalue weighted by Crippen LogP contribution is -2.15. The van der Waals surface area contributed by atoms with E-state index in [0.29, 0.717) is 18.1 Å². The predicted octanol–water partition coefficient (Wildman–Crippen LogP) is 4.54. The molecule has 0 aliphatic rings. The first-order valence-corrected chi connectivity index (χ1v) is 7.68. The standard InChI is InChI=1S/C18H19ClO3/c1-2-13-5-3-4-6-17(13)22-12-11-16(18(20)21)14-7-9-15(19)10-8-14/h3-10,16H,2,11-12H2,1H3,(H,20,21). The van der Waals surface area contributed by atoms with Crippen LogP contribution in [0.1, 0.15) is 30.4 Å². The van der Waals surface area contributed by atoms with E-state index in [2.05, 4.69) is 6.92 Å². The molecule has 0 heterocycles. The number of ether oxygens (including phenoxy) is 1. The van der Waals surface area contributed by atoms with Gasteiger partial charge in [-0.1, -0.05) is 48.9 Å².